The van der Waals surface area contributed by atoms with Crippen molar-refractivity contribution in [1.82, 2.24) is 10.2 Å². The molecule has 2 unspecified atom stereocenters. The molecule has 3 nitrogen and oxygen atoms in total. The van der Waals surface area contributed by atoms with E-state index >= 15 is 0 Å². The maximum Gasteiger partial charge on any atom is 0.243 e. The van der Waals surface area contributed by atoms with Crippen LogP contribution in [0.3, 0.4) is 0 Å². The fourth-order valence-electron chi connectivity index (χ4n) is 1.85. The van der Waals surface area contributed by atoms with Crippen molar-refractivity contribution in [3.05, 3.63) is 0 Å². The van der Waals surface area contributed by atoms with Crippen LogP contribution in [0.1, 0.15) is 40.0 Å². The maximum atomic E-state index is 11.8. The zero-order valence-electron chi connectivity index (χ0n) is 9.05. The van der Waals surface area contributed by atoms with E-state index in [-0.39, 0.29) is 17.6 Å². The molecule has 1 aliphatic heterocycles. The van der Waals surface area contributed by atoms with E-state index in [2.05, 4.69) is 12.2 Å². The summed E-state index contributed by atoms with van der Waals surface area (Å²) in [4.78, 5) is 13.6. The van der Waals surface area contributed by atoms with Crippen LogP contribution in [0.4, 0.5) is 0 Å². The van der Waals surface area contributed by atoms with E-state index in [1.54, 1.807) is 0 Å². The molecule has 76 valence electrons. The Morgan fingerprint density at radius 3 is 2.54 bits per heavy atom. The van der Waals surface area contributed by atoms with E-state index in [0.717, 1.165) is 19.3 Å². The van der Waals surface area contributed by atoms with Crippen molar-refractivity contribution in [2.24, 2.45) is 0 Å². The third-order valence-electron chi connectivity index (χ3n) is 3.01. The molecule has 1 N–H and O–H groups in total. The average molecular weight is 184 g/mol. The Kier molecular flexibility index (Phi) is 2.96. The summed E-state index contributed by atoms with van der Waals surface area (Å²) < 4.78 is 0. The fraction of sp³-hybridized carbons (Fsp3) is 0.900. The summed E-state index contributed by atoms with van der Waals surface area (Å²) in [6, 6.07) is 0. The second kappa shape index (κ2) is 3.66. The average Bonchev–Trinajstić information content (AvgIpc) is 2.33. The Morgan fingerprint density at radius 1 is 1.54 bits per heavy atom. The highest BCUT2D eigenvalue weighted by molar-refractivity contribution is 5.88. The van der Waals surface area contributed by atoms with Gasteiger partial charge in [0.25, 0.3) is 0 Å². The molecule has 13 heavy (non-hydrogen) atoms. The first-order chi connectivity index (χ1) is 6.05. The van der Waals surface area contributed by atoms with E-state index in [4.69, 9.17) is 0 Å². The van der Waals surface area contributed by atoms with Crippen molar-refractivity contribution < 1.29 is 4.79 Å². The van der Waals surface area contributed by atoms with Crippen LogP contribution >= 0.6 is 0 Å². The summed E-state index contributed by atoms with van der Waals surface area (Å²) in [5.41, 5.74) is -0.325. The van der Waals surface area contributed by atoms with E-state index < -0.39 is 0 Å². The van der Waals surface area contributed by atoms with Crippen LogP contribution in [0.5, 0.6) is 0 Å². The third-order valence-corrected chi connectivity index (χ3v) is 3.01. The summed E-state index contributed by atoms with van der Waals surface area (Å²) in [5, 5.41) is 3.39. The van der Waals surface area contributed by atoms with Gasteiger partial charge < -0.3 is 4.90 Å². The Balaban J connectivity index is 2.72. The molecule has 0 radical (unpaired) electrons. The first-order valence-corrected chi connectivity index (χ1v) is 5.10. The third kappa shape index (κ3) is 1.70. The quantitative estimate of drug-likeness (QED) is 0.718. The predicted molar refractivity (Wildman–Crippen MR) is 53.3 cm³/mol. The van der Waals surface area contributed by atoms with Crippen molar-refractivity contribution >= 4 is 5.91 Å². The number of carbonyl (C=O) groups is 1. The number of rotatable bonds is 3. The number of carbonyl (C=O) groups excluding carboxylic acids is 1. The molecule has 1 amide bonds. The molecule has 1 fully saturated rings. The highest BCUT2D eigenvalue weighted by Crippen LogP contribution is 2.23. The summed E-state index contributed by atoms with van der Waals surface area (Å²) in [5.74, 6) is 0.230. The van der Waals surface area contributed by atoms with E-state index in [1.807, 2.05) is 25.8 Å². The molecule has 0 saturated carbocycles. The van der Waals surface area contributed by atoms with Crippen molar-refractivity contribution in [1.29, 1.82) is 0 Å². The maximum absolute atomic E-state index is 11.8. The lowest BCUT2D eigenvalue weighted by Crippen LogP contribution is -2.43. The number of hydrogen-bond donors (Lipinski definition) is 1. The molecular formula is C10H20N2O. The van der Waals surface area contributed by atoms with Crippen molar-refractivity contribution in [2.45, 2.75) is 51.7 Å². The zero-order chi connectivity index (χ0) is 10.1. The first kappa shape index (κ1) is 10.5. The Hall–Kier alpha value is -0.570. The molecule has 0 spiro atoms. The van der Waals surface area contributed by atoms with Crippen LogP contribution in [-0.2, 0) is 4.79 Å². The fourth-order valence-corrected chi connectivity index (χ4v) is 1.85. The molecule has 1 heterocycles. The topological polar surface area (TPSA) is 32.3 Å². The van der Waals surface area contributed by atoms with Crippen LogP contribution in [0.2, 0.25) is 0 Å². The van der Waals surface area contributed by atoms with Gasteiger partial charge in [0.15, 0.2) is 0 Å². The van der Waals surface area contributed by atoms with Gasteiger partial charge >= 0.3 is 0 Å². The second-order valence-electron chi connectivity index (χ2n) is 4.05. The van der Waals surface area contributed by atoms with Crippen molar-refractivity contribution in [3.8, 4) is 0 Å². The van der Waals surface area contributed by atoms with Gasteiger partial charge in [0.2, 0.25) is 5.91 Å². The lowest BCUT2D eigenvalue weighted by atomic mass is 10.00. The molecule has 2 atom stereocenters. The first-order valence-electron chi connectivity index (χ1n) is 5.10. The Morgan fingerprint density at radius 2 is 2.15 bits per heavy atom. The number of amides is 1. The molecular weight excluding hydrogens is 164 g/mol. The minimum absolute atomic E-state index is 0.230. The van der Waals surface area contributed by atoms with E-state index in [0.29, 0.717) is 0 Å². The molecule has 1 saturated heterocycles. The van der Waals surface area contributed by atoms with Crippen LogP contribution in [0, 0.1) is 0 Å². The van der Waals surface area contributed by atoms with Gasteiger partial charge in [-0.25, -0.2) is 0 Å². The van der Waals surface area contributed by atoms with E-state index in [9.17, 15) is 4.79 Å². The molecule has 0 aromatic carbocycles. The summed E-state index contributed by atoms with van der Waals surface area (Å²) in [7, 11) is 1.89. The molecule has 0 aliphatic carbocycles. The predicted octanol–water partition coefficient (Wildman–Crippen LogP) is 1.34. The molecule has 0 aromatic rings. The Labute approximate surface area is 80.5 Å². The largest absolute Gasteiger partial charge is 0.329 e. The van der Waals surface area contributed by atoms with Crippen molar-refractivity contribution in [2.75, 3.05) is 7.05 Å². The van der Waals surface area contributed by atoms with Gasteiger partial charge in [-0.2, -0.15) is 0 Å². The number of nitrogens with one attached hydrogen (secondary N) is 1. The summed E-state index contributed by atoms with van der Waals surface area (Å²) in [6.07, 6.45) is 3.24. The smallest absolute Gasteiger partial charge is 0.243 e. The van der Waals surface area contributed by atoms with Gasteiger partial charge in [0.05, 0.1) is 11.7 Å². The normalized spacial score (nSPS) is 34.3. The minimum Gasteiger partial charge on any atom is -0.329 e. The van der Waals surface area contributed by atoms with E-state index in [1.165, 1.54) is 0 Å². The highest BCUT2D eigenvalue weighted by Gasteiger charge is 2.44. The number of nitrogens with zero attached hydrogens (tertiary/aromatic N) is 1. The van der Waals surface area contributed by atoms with Crippen LogP contribution in [0.25, 0.3) is 0 Å². The zero-order valence-corrected chi connectivity index (χ0v) is 9.05. The van der Waals surface area contributed by atoms with Gasteiger partial charge in [0, 0.05) is 7.05 Å². The summed E-state index contributed by atoms with van der Waals surface area (Å²) in [6.45, 7) is 6.18. The minimum atomic E-state index is -0.325. The molecule has 0 aromatic heterocycles. The van der Waals surface area contributed by atoms with Gasteiger partial charge in [0.1, 0.15) is 0 Å². The monoisotopic (exact) mass is 184 g/mol. The lowest BCUT2D eigenvalue weighted by Gasteiger charge is -2.19. The van der Waals surface area contributed by atoms with Gasteiger partial charge in [-0.15, -0.1) is 0 Å². The van der Waals surface area contributed by atoms with Crippen LogP contribution in [-0.4, -0.2) is 29.6 Å². The molecule has 1 rings (SSSR count). The Bertz CT molecular complexity index is 205. The highest BCUT2D eigenvalue weighted by atomic mass is 16.2. The lowest BCUT2D eigenvalue weighted by molar-refractivity contribution is -0.131. The molecule has 3 heteroatoms. The molecule has 0 bridgehead atoms. The summed E-state index contributed by atoms with van der Waals surface area (Å²) >= 11 is 0. The van der Waals surface area contributed by atoms with Crippen LogP contribution in [0.15, 0.2) is 0 Å². The molecule has 1 aliphatic rings. The second-order valence-corrected chi connectivity index (χ2v) is 4.05. The van der Waals surface area contributed by atoms with Gasteiger partial charge in [-0.3, -0.25) is 10.1 Å². The standard InChI is InChI=1S/C10H20N2O/c1-5-7-8-11-10(3,6-2)9(13)12(8)4/h8,11H,5-7H2,1-4H3. The van der Waals surface area contributed by atoms with Crippen LogP contribution < -0.4 is 5.32 Å². The van der Waals surface area contributed by atoms with Gasteiger partial charge in [-0.05, 0) is 19.8 Å². The van der Waals surface area contributed by atoms with Crippen molar-refractivity contribution in [3.63, 3.8) is 0 Å². The van der Waals surface area contributed by atoms with Gasteiger partial charge in [-0.1, -0.05) is 20.3 Å². The number of hydrogen-bond acceptors (Lipinski definition) is 2. The number of likely N-dealkylation sites (N-methyl/N-ethyl adjacent to an activating group) is 1. The SMILES string of the molecule is CCCC1NC(C)(CC)C(=O)N1C.